The molecule has 0 atom stereocenters. The first-order valence-electron chi connectivity index (χ1n) is 6.98. The summed E-state index contributed by atoms with van der Waals surface area (Å²) in [6.45, 7) is 0.571. The van der Waals surface area contributed by atoms with Gasteiger partial charge >= 0.3 is 0 Å². The van der Waals surface area contributed by atoms with Crippen molar-refractivity contribution < 1.29 is 4.52 Å². The molecule has 0 unspecified atom stereocenters. The van der Waals surface area contributed by atoms with Gasteiger partial charge in [-0.1, -0.05) is 5.16 Å². The molecule has 4 saturated carbocycles. The number of aromatic nitrogens is 1. The number of hydrogen-bond acceptors (Lipinski definition) is 3. The van der Waals surface area contributed by atoms with Crippen LogP contribution in [0.2, 0.25) is 0 Å². The van der Waals surface area contributed by atoms with E-state index in [-0.39, 0.29) is 0 Å². The molecule has 3 heteroatoms. The molecule has 4 aliphatic carbocycles. The summed E-state index contributed by atoms with van der Waals surface area (Å²) >= 11 is 0. The Kier molecular flexibility index (Phi) is 2.13. The van der Waals surface area contributed by atoms with Crippen LogP contribution in [0.4, 0.5) is 0 Å². The van der Waals surface area contributed by atoms with Gasteiger partial charge in [-0.2, -0.15) is 0 Å². The second kappa shape index (κ2) is 3.58. The number of nitrogens with zero attached hydrogens (tertiary/aromatic N) is 1. The highest BCUT2D eigenvalue weighted by molar-refractivity contribution is 5.22. The van der Waals surface area contributed by atoms with E-state index in [0.29, 0.717) is 12.5 Å². The van der Waals surface area contributed by atoms with Gasteiger partial charge in [0.15, 0.2) is 0 Å². The van der Waals surface area contributed by atoms with Crippen molar-refractivity contribution in [2.24, 2.45) is 29.4 Å². The fraction of sp³-hybridized carbons (Fsp3) is 0.786. The maximum Gasteiger partial charge on any atom is 0.144 e. The summed E-state index contributed by atoms with van der Waals surface area (Å²) in [6, 6.07) is 0. The van der Waals surface area contributed by atoms with Crippen LogP contribution < -0.4 is 5.73 Å². The largest absolute Gasteiger partial charge is 0.361 e. The van der Waals surface area contributed by atoms with Crippen molar-refractivity contribution in [2.75, 3.05) is 0 Å². The van der Waals surface area contributed by atoms with Gasteiger partial charge in [-0.05, 0) is 55.8 Å². The molecule has 0 aliphatic heterocycles. The van der Waals surface area contributed by atoms with Crippen molar-refractivity contribution in [1.29, 1.82) is 0 Å². The molecule has 4 bridgehead atoms. The number of rotatable bonds is 2. The Morgan fingerprint density at radius 3 is 2.35 bits per heavy atom. The van der Waals surface area contributed by atoms with Crippen molar-refractivity contribution >= 4 is 0 Å². The van der Waals surface area contributed by atoms with E-state index in [1.807, 2.05) is 6.20 Å². The van der Waals surface area contributed by atoms with E-state index in [1.54, 1.807) is 0 Å². The normalized spacial score (nSPS) is 43.2. The SMILES string of the molecule is NCc1cnoc1C1C2CC3CC(C2)CC1C3. The van der Waals surface area contributed by atoms with Gasteiger partial charge in [-0.15, -0.1) is 0 Å². The first kappa shape index (κ1) is 10.1. The summed E-state index contributed by atoms with van der Waals surface area (Å²) in [7, 11) is 0. The lowest BCUT2D eigenvalue weighted by Gasteiger charge is -2.53. The van der Waals surface area contributed by atoms with Gasteiger partial charge in [0.05, 0.1) is 6.20 Å². The predicted octanol–water partition coefficient (Wildman–Crippen LogP) is 2.67. The first-order valence-corrected chi connectivity index (χ1v) is 6.98. The molecule has 0 spiro atoms. The molecule has 1 heterocycles. The minimum atomic E-state index is 0.571. The second-order valence-electron chi connectivity index (χ2n) is 6.38. The lowest BCUT2D eigenvalue weighted by molar-refractivity contribution is -0.0117. The predicted molar refractivity (Wildman–Crippen MR) is 64.2 cm³/mol. The van der Waals surface area contributed by atoms with Gasteiger partial charge in [0.1, 0.15) is 5.76 Å². The van der Waals surface area contributed by atoms with E-state index in [4.69, 9.17) is 10.3 Å². The van der Waals surface area contributed by atoms with Crippen LogP contribution in [0.1, 0.15) is 49.3 Å². The average molecular weight is 232 g/mol. The Balaban J connectivity index is 1.70. The third-order valence-electron chi connectivity index (χ3n) is 5.43. The van der Waals surface area contributed by atoms with Crippen molar-refractivity contribution in [3.05, 3.63) is 17.5 Å². The molecule has 1 aromatic rings. The summed E-state index contributed by atoms with van der Waals surface area (Å²) in [5.41, 5.74) is 6.93. The lowest BCUT2D eigenvalue weighted by Crippen LogP contribution is -2.43. The van der Waals surface area contributed by atoms with Crippen molar-refractivity contribution in [1.82, 2.24) is 5.16 Å². The third-order valence-corrected chi connectivity index (χ3v) is 5.43. The summed E-state index contributed by atoms with van der Waals surface area (Å²) in [6.07, 6.45) is 9.00. The number of hydrogen-bond donors (Lipinski definition) is 1. The van der Waals surface area contributed by atoms with Crippen LogP contribution in [0.25, 0.3) is 0 Å². The smallest absolute Gasteiger partial charge is 0.144 e. The zero-order valence-corrected chi connectivity index (χ0v) is 10.1. The zero-order chi connectivity index (χ0) is 11.4. The molecule has 3 nitrogen and oxygen atoms in total. The van der Waals surface area contributed by atoms with Crippen LogP contribution >= 0.6 is 0 Å². The van der Waals surface area contributed by atoms with Crippen molar-refractivity contribution in [3.8, 4) is 0 Å². The van der Waals surface area contributed by atoms with Crippen LogP contribution in [-0.2, 0) is 6.54 Å². The molecule has 4 fully saturated rings. The molecule has 1 aromatic heterocycles. The van der Waals surface area contributed by atoms with Gasteiger partial charge < -0.3 is 10.3 Å². The van der Waals surface area contributed by atoms with Crippen molar-refractivity contribution in [3.63, 3.8) is 0 Å². The molecule has 0 aromatic carbocycles. The van der Waals surface area contributed by atoms with Gasteiger partial charge in [-0.3, -0.25) is 0 Å². The van der Waals surface area contributed by atoms with Crippen LogP contribution in [0.3, 0.4) is 0 Å². The monoisotopic (exact) mass is 232 g/mol. The third kappa shape index (κ3) is 1.41. The lowest BCUT2D eigenvalue weighted by atomic mass is 9.51. The minimum Gasteiger partial charge on any atom is -0.361 e. The highest BCUT2D eigenvalue weighted by Gasteiger charge is 2.50. The fourth-order valence-corrected chi connectivity index (χ4v) is 5.05. The first-order chi connectivity index (χ1) is 8.35. The van der Waals surface area contributed by atoms with Gasteiger partial charge in [0, 0.05) is 18.0 Å². The summed E-state index contributed by atoms with van der Waals surface area (Å²) in [5, 5.41) is 3.97. The fourth-order valence-electron chi connectivity index (χ4n) is 5.05. The molecular weight excluding hydrogens is 212 g/mol. The summed E-state index contributed by atoms with van der Waals surface area (Å²) in [4.78, 5) is 0. The van der Waals surface area contributed by atoms with Crippen molar-refractivity contribution in [2.45, 2.75) is 44.6 Å². The maximum atomic E-state index is 5.79. The second-order valence-corrected chi connectivity index (χ2v) is 6.38. The minimum absolute atomic E-state index is 0.571. The highest BCUT2D eigenvalue weighted by atomic mass is 16.5. The molecular formula is C14H20N2O. The van der Waals surface area contributed by atoms with Crippen LogP contribution in [0.15, 0.2) is 10.7 Å². The molecule has 17 heavy (non-hydrogen) atoms. The van der Waals surface area contributed by atoms with Gasteiger partial charge in [0.2, 0.25) is 0 Å². The van der Waals surface area contributed by atoms with Crippen LogP contribution in [0, 0.1) is 23.7 Å². The molecule has 4 aliphatic rings. The summed E-state index contributed by atoms with van der Waals surface area (Å²) < 4.78 is 5.55. The molecule has 2 N–H and O–H groups in total. The topological polar surface area (TPSA) is 52.0 Å². The molecule has 0 amide bonds. The molecule has 0 saturated heterocycles. The van der Waals surface area contributed by atoms with E-state index in [2.05, 4.69) is 5.16 Å². The van der Waals surface area contributed by atoms with E-state index in [9.17, 15) is 0 Å². The Morgan fingerprint density at radius 1 is 1.12 bits per heavy atom. The standard InChI is InChI=1S/C14H20N2O/c15-6-12-7-16-17-14(12)13-10-2-8-1-9(4-10)5-11(13)3-8/h7-11,13H,1-6,15H2. The molecule has 92 valence electrons. The Bertz CT molecular complexity index is 398. The quantitative estimate of drug-likeness (QED) is 0.853. The Morgan fingerprint density at radius 2 is 1.76 bits per heavy atom. The van der Waals surface area contributed by atoms with E-state index in [1.165, 1.54) is 32.1 Å². The average Bonchev–Trinajstić information content (AvgIpc) is 2.75. The van der Waals surface area contributed by atoms with Crippen LogP contribution in [-0.4, -0.2) is 5.16 Å². The molecule has 5 rings (SSSR count). The van der Waals surface area contributed by atoms with E-state index >= 15 is 0 Å². The molecule has 0 radical (unpaired) electrons. The van der Waals surface area contributed by atoms with Crippen LogP contribution in [0.5, 0.6) is 0 Å². The van der Waals surface area contributed by atoms with Gasteiger partial charge in [0.25, 0.3) is 0 Å². The van der Waals surface area contributed by atoms with E-state index < -0.39 is 0 Å². The van der Waals surface area contributed by atoms with Gasteiger partial charge in [-0.25, -0.2) is 0 Å². The zero-order valence-electron chi connectivity index (χ0n) is 10.1. The Hall–Kier alpha value is -0.830. The number of nitrogens with two attached hydrogens (primary N) is 1. The maximum absolute atomic E-state index is 5.79. The Labute approximate surface area is 102 Å². The highest BCUT2D eigenvalue weighted by Crippen LogP contribution is 2.60. The van der Waals surface area contributed by atoms with E-state index in [0.717, 1.165) is 35.0 Å². The summed E-state index contributed by atoms with van der Waals surface area (Å²) in [5.74, 6) is 5.48.